The lowest BCUT2D eigenvalue weighted by atomic mass is 10.0. The molecule has 0 atom stereocenters. The number of aromatic nitrogens is 3. The van der Waals surface area contributed by atoms with Gasteiger partial charge in [-0.05, 0) is 73.9 Å². The number of fused-ring (bicyclic) bond motifs is 1. The number of hydrogen-bond acceptors (Lipinski definition) is 2. The van der Waals surface area contributed by atoms with Crippen molar-refractivity contribution in [2.45, 2.75) is 26.2 Å². The van der Waals surface area contributed by atoms with Crippen LogP contribution in [0.3, 0.4) is 0 Å². The number of hydrogen-bond donors (Lipinski definition) is 2. The van der Waals surface area contributed by atoms with Crippen LogP contribution in [0.1, 0.15) is 24.0 Å². The number of rotatable bonds is 7. The molecule has 5 nitrogen and oxygen atoms in total. The van der Waals surface area contributed by atoms with Crippen molar-refractivity contribution >= 4 is 22.5 Å². The molecule has 0 saturated carbocycles. The lowest BCUT2D eigenvalue weighted by molar-refractivity contribution is -0.116. The monoisotopic (exact) mass is 434 g/mol. The molecule has 0 spiro atoms. The van der Waals surface area contributed by atoms with Crippen molar-refractivity contribution in [3.05, 3.63) is 103 Å². The molecule has 5 rings (SSSR count). The standard InChI is InChI=1S/C28H26N4O/c1-20-14-15-23-22(19-20)21(28(31-23)25-11-4-5-16-29-25)9-8-13-27(33)30-24-10-2-3-12-26(24)32-17-6-7-18-32/h2-7,10-12,14-19,31H,8-9,13H2,1H3,(H,30,33). The molecule has 0 aliphatic heterocycles. The fourth-order valence-electron chi connectivity index (χ4n) is 4.29. The van der Waals surface area contributed by atoms with E-state index in [-0.39, 0.29) is 5.91 Å². The number of nitrogens with zero attached hydrogens (tertiary/aromatic N) is 2. The fourth-order valence-corrected chi connectivity index (χ4v) is 4.29. The fraction of sp³-hybridized carbons (Fsp3) is 0.143. The van der Waals surface area contributed by atoms with E-state index in [0.717, 1.165) is 41.1 Å². The third-order valence-corrected chi connectivity index (χ3v) is 5.87. The Bertz CT molecular complexity index is 1380. The third-order valence-electron chi connectivity index (χ3n) is 5.87. The van der Waals surface area contributed by atoms with Crippen LogP contribution in [0.2, 0.25) is 0 Å². The molecule has 0 unspecified atom stereocenters. The number of carbonyl (C=O) groups excluding carboxylic acids is 1. The van der Waals surface area contributed by atoms with Crippen LogP contribution in [-0.2, 0) is 11.2 Å². The maximum atomic E-state index is 12.8. The highest BCUT2D eigenvalue weighted by Gasteiger charge is 2.15. The van der Waals surface area contributed by atoms with Gasteiger partial charge in [0, 0.05) is 35.9 Å². The maximum absolute atomic E-state index is 12.8. The van der Waals surface area contributed by atoms with Crippen LogP contribution in [0, 0.1) is 6.92 Å². The summed E-state index contributed by atoms with van der Waals surface area (Å²) in [5, 5.41) is 4.29. The average molecular weight is 435 g/mol. The number of H-pyrrole nitrogens is 1. The van der Waals surface area contributed by atoms with E-state index >= 15 is 0 Å². The number of pyridine rings is 1. The van der Waals surface area contributed by atoms with Gasteiger partial charge < -0.3 is 14.9 Å². The zero-order chi connectivity index (χ0) is 22.6. The number of anilines is 1. The summed E-state index contributed by atoms with van der Waals surface area (Å²) >= 11 is 0. The Morgan fingerprint density at radius 3 is 2.64 bits per heavy atom. The van der Waals surface area contributed by atoms with Crippen LogP contribution in [0.25, 0.3) is 28.0 Å². The Labute approximate surface area is 193 Å². The van der Waals surface area contributed by atoms with Gasteiger partial charge in [-0.2, -0.15) is 0 Å². The summed E-state index contributed by atoms with van der Waals surface area (Å²) in [6.07, 6.45) is 7.75. The molecule has 2 aromatic carbocycles. The molecular formula is C28H26N4O. The number of nitrogens with one attached hydrogen (secondary N) is 2. The van der Waals surface area contributed by atoms with E-state index in [9.17, 15) is 4.79 Å². The number of aryl methyl sites for hydroxylation is 2. The second-order valence-corrected chi connectivity index (χ2v) is 8.25. The summed E-state index contributed by atoms with van der Waals surface area (Å²) in [7, 11) is 0. The highest BCUT2D eigenvalue weighted by Crippen LogP contribution is 2.31. The molecule has 1 amide bonds. The first-order chi connectivity index (χ1) is 16.2. The Hall–Kier alpha value is -4.12. The van der Waals surface area contributed by atoms with Crippen molar-refractivity contribution in [2.75, 3.05) is 5.32 Å². The highest BCUT2D eigenvalue weighted by molar-refractivity contribution is 5.93. The van der Waals surface area contributed by atoms with Gasteiger partial charge in [-0.15, -0.1) is 0 Å². The largest absolute Gasteiger partial charge is 0.353 e. The van der Waals surface area contributed by atoms with Gasteiger partial charge in [-0.1, -0.05) is 29.8 Å². The van der Waals surface area contributed by atoms with E-state index in [1.165, 1.54) is 16.5 Å². The molecule has 5 aromatic rings. The van der Waals surface area contributed by atoms with Crippen molar-refractivity contribution < 1.29 is 4.79 Å². The number of para-hydroxylation sites is 2. The van der Waals surface area contributed by atoms with Gasteiger partial charge in [0.05, 0.1) is 22.8 Å². The first-order valence-electron chi connectivity index (χ1n) is 11.2. The summed E-state index contributed by atoms with van der Waals surface area (Å²) < 4.78 is 2.00. The summed E-state index contributed by atoms with van der Waals surface area (Å²) in [6, 6.07) is 24.2. The Morgan fingerprint density at radius 2 is 1.82 bits per heavy atom. The Morgan fingerprint density at radius 1 is 1.00 bits per heavy atom. The van der Waals surface area contributed by atoms with Crippen LogP contribution in [0.4, 0.5) is 5.69 Å². The minimum absolute atomic E-state index is 0.0185. The number of benzene rings is 2. The zero-order valence-corrected chi connectivity index (χ0v) is 18.6. The second-order valence-electron chi connectivity index (χ2n) is 8.25. The second kappa shape index (κ2) is 9.17. The van der Waals surface area contributed by atoms with Crippen LogP contribution in [-0.4, -0.2) is 20.4 Å². The van der Waals surface area contributed by atoms with Crippen molar-refractivity contribution in [2.24, 2.45) is 0 Å². The molecule has 3 heterocycles. The van der Waals surface area contributed by atoms with Crippen LogP contribution < -0.4 is 5.32 Å². The molecule has 0 aliphatic carbocycles. The Kier molecular flexibility index (Phi) is 5.77. The van der Waals surface area contributed by atoms with Gasteiger partial charge >= 0.3 is 0 Å². The molecule has 0 saturated heterocycles. The van der Waals surface area contributed by atoms with Gasteiger partial charge in [-0.25, -0.2) is 0 Å². The topological polar surface area (TPSA) is 62.7 Å². The van der Waals surface area contributed by atoms with E-state index in [2.05, 4.69) is 40.4 Å². The molecule has 2 N–H and O–H groups in total. The normalized spacial score (nSPS) is 11.1. The predicted octanol–water partition coefficient (Wildman–Crippen LogP) is 6.29. The summed E-state index contributed by atoms with van der Waals surface area (Å²) in [5.41, 5.74) is 7.26. The third kappa shape index (κ3) is 4.44. The van der Waals surface area contributed by atoms with E-state index in [0.29, 0.717) is 6.42 Å². The van der Waals surface area contributed by atoms with E-state index < -0.39 is 0 Å². The quantitative estimate of drug-likeness (QED) is 0.316. The first-order valence-corrected chi connectivity index (χ1v) is 11.2. The highest BCUT2D eigenvalue weighted by atomic mass is 16.1. The predicted molar refractivity (Wildman–Crippen MR) is 134 cm³/mol. The maximum Gasteiger partial charge on any atom is 0.224 e. The Balaban J connectivity index is 1.33. The molecule has 0 radical (unpaired) electrons. The molecule has 0 bridgehead atoms. The number of aromatic amines is 1. The van der Waals surface area contributed by atoms with E-state index in [1.807, 2.05) is 77.8 Å². The molecule has 5 heteroatoms. The molecule has 164 valence electrons. The van der Waals surface area contributed by atoms with Crippen LogP contribution in [0.5, 0.6) is 0 Å². The SMILES string of the molecule is Cc1ccc2[nH]c(-c3ccccn3)c(CCCC(=O)Nc3ccccc3-n3cccc3)c2c1. The van der Waals surface area contributed by atoms with E-state index in [4.69, 9.17) is 0 Å². The molecule has 0 fully saturated rings. The lowest BCUT2D eigenvalue weighted by Crippen LogP contribution is -2.13. The lowest BCUT2D eigenvalue weighted by Gasteiger charge is -2.12. The number of amides is 1. The molecule has 33 heavy (non-hydrogen) atoms. The number of carbonyl (C=O) groups is 1. The van der Waals surface area contributed by atoms with Crippen molar-refractivity contribution in [1.29, 1.82) is 0 Å². The van der Waals surface area contributed by atoms with Crippen LogP contribution >= 0.6 is 0 Å². The first kappa shape index (κ1) is 20.8. The minimum Gasteiger partial charge on any atom is -0.353 e. The van der Waals surface area contributed by atoms with Crippen molar-refractivity contribution in [1.82, 2.24) is 14.5 Å². The smallest absolute Gasteiger partial charge is 0.224 e. The van der Waals surface area contributed by atoms with Gasteiger partial charge in [0.25, 0.3) is 0 Å². The summed E-state index contributed by atoms with van der Waals surface area (Å²) in [6.45, 7) is 2.10. The van der Waals surface area contributed by atoms with Gasteiger partial charge in [-0.3, -0.25) is 9.78 Å². The van der Waals surface area contributed by atoms with Gasteiger partial charge in [0.15, 0.2) is 0 Å². The molecular weight excluding hydrogens is 408 g/mol. The van der Waals surface area contributed by atoms with Crippen molar-refractivity contribution in [3.8, 4) is 17.1 Å². The van der Waals surface area contributed by atoms with Gasteiger partial charge in [0.2, 0.25) is 5.91 Å². The van der Waals surface area contributed by atoms with Gasteiger partial charge in [0.1, 0.15) is 0 Å². The molecule has 0 aliphatic rings. The molecule has 3 aromatic heterocycles. The summed E-state index contributed by atoms with van der Waals surface area (Å²) in [5.74, 6) is 0.0185. The van der Waals surface area contributed by atoms with Crippen LogP contribution in [0.15, 0.2) is 91.4 Å². The minimum atomic E-state index is 0.0185. The zero-order valence-electron chi connectivity index (χ0n) is 18.6. The van der Waals surface area contributed by atoms with E-state index in [1.54, 1.807) is 0 Å². The summed E-state index contributed by atoms with van der Waals surface area (Å²) in [4.78, 5) is 20.9. The average Bonchev–Trinajstić information content (AvgIpc) is 3.49. The van der Waals surface area contributed by atoms with Crippen molar-refractivity contribution in [3.63, 3.8) is 0 Å².